The first-order chi connectivity index (χ1) is 10.4. The van der Waals surface area contributed by atoms with Crippen molar-refractivity contribution in [3.8, 4) is 0 Å². The number of fused-ring (bicyclic) bond motifs is 1. The lowest BCUT2D eigenvalue weighted by molar-refractivity contribution is 0.504. The van der Waals surface area contributed by atoms with Crippen LogP contribution in [0.25, 0.3) is 5.65 Å². The van der Waals surface area contributed by atoms with Gasteiger partial charge in [0, 0.05) is 6.20 Å². The summed E-state index contributed by atoms with van der Waals surface area (Å²) in [7, 11) is -4.30. The third-order valence-corrected chi connectivity index (χ3v) is 4.81. The summed E-state index contributed by atoms with van der Waals surface area (Å²) in [6.07, 6.45) is 2.28. The second-order valence-electron chi connectivity index (χ2n) is 4.44. The third-order valence-electron chi connectivity index (χ3n) is 3.07. The predicted molar refractivity (Wildman–Crippen MR) is 73.3 cm³/mol. The highest BCUT2D eigenvalue weighted by atomic mass is 32.2. The number of nitrogens with zero attached hydrogens (tertiary/aromatic N) is 2. The summed E-state index contributed by atoms with van der Waals surface area (Å²) in [4.78, 5) is 15.0. The summed E-state index contributed by atoms with van der Waals surface area (Å²) in [5.41, 5.74) is -0.535. The van der Waals surface area contributed by atoms with Gasteiger partial charge >= 0.3 is 0 Å². The van der Waals surface area contributed by atoms with Gasteiger partial charge in [-0.05, 0) is 30.3 Å². The van der Waals surface area contributed by atoms with Gasteiger partial charge in [0.15, 0.2) is 16.5 Å². The standard InChI is InChI=1S/C14H8F2N2O3S/c15-10-5-4-9(7-11(10)16)22(20,21)12-8-17-13-3-1-2-6-18(13)14(12)19/h1-8H. The van der Waals surface area contributed by atoms with E-state index >= 15 is 0 Å². The maximum atomic E-state index is 13.2. The number of hydrogen-bond acceptors (Lipinski definition) is 4. The van der Waals surface area contributed by atoms with Crippen molar-refractivity contribution in [2.75, 3.05) is 0 Å². The molecular formula is C14H8F2N2O3S. The first kappa shape index (κ1) is 14.3. The molecule has 112 valence electrons. The number of hydrogen-bond donors (Lipinski definition) is 0. The van der Waals surface area contributed by atoms with E-state index < -0.39 is 36.8 Å². The lowest BCUT2D eigenvalue weighted by Crippen LogP contribution is -2.22. The molecule has 0 aliphatic rings. The first-order valence-electron chi connectivity index (χ1n) is 6.08. The lowest BCUT2D eigenvalue weighted by atomic mass is 10.3. The summed E-state index contributed by atoms with van der Waals surface area (Å²) < 4.78 is 52.1. The van der Waals surface area contributed by atoms with Crippen molar-refractivity contribution in [1.29, 1.82) is 0 Å². The Balaban J connectivity index is 2.27. The Morgan fingerprint density at radius 3 is 2.55 bits per heavy atom. The molecular weight excluding hydrogens is 314 g/mol. The molecule has 2 aromatic heterocycles. The van der Waals surface area contributed by atoms with Gasteiger partial charge in [0.05, 0.1) is 11.1 Å². The Morgan fingerprint density at radius 1 is 1.05 bits per heavy atom. The van der Waals surface area contributed by atoms with Gasteiger partial charge in [-0.1, -0.05) is 6.07 Å². The van der Waals surface area contributed by atoms with Crippen LogP contribution in [0.3, 0.4) is 0 Å². The van der Waals surface area contributed by atoms with Gasteiger partial charge in [-0.3, -0.25) is 9.20 Å². The zero-order chi connectivity index (χ0) is 15.9. The maximum Gasteiger partial charge on any atom is 0.277 e. The van der Waals surface area contributed by atoms with E-state index in [1.165, 1.54) is 12.3 Å². The van der Waals surface area contributed by atoms with Gasteiger partial charge in [0.2, 0.25) is 9.84 Å². The molecule has 0 N–H and O–H groups in total. The molecule has 8 heteroatoms. The lowest BCUT2D eigenvalue weighted by Gasteiger charge is -2.06. The van der Waals surface area contributed by atoms with Crippen molar-refractivity contribution in [2.45, 2.75) is 9.79 Å². The molecule has 0 aliphatic carbocycles. The fraction of sp³-hybridized carbons (Fsp3) is 0. The number of halogens is 2. The summed E-state index contributed by atoms with van der Waals surface area (Å²) in [5.74, 6) is -2.48. The Bertz CT molecular complexity index is 1050. The van der Waals surface area contributed by atoms with Crippen LogP contribution in [0.1, 0.15) is 0 Å². The van der Waals surface area contributed by atoms with Crippen LogP contribution < -0.4 is 5.56 Å². The van der Waals surface area contributed by atoms with Crippen molar-refractivity contribution in [3.05, 3.63) is 70.8 Å². The highest BCUT2D eigenvalue weighted by Gasteiger charge is 2.24. The molecule has 3 aromatic rings. The molecule has 22 heavy (non-hydrogen) atoms. The molecule has 3 rings (SSSR count). The van der Waals surface area contributed by atoms with Gasteiger partial charge in [0.1, 0.15) is 5.65 Å². The molecule has 0 bridgehead atoms. The molecule has 0 saturated carbocycles. The molecule has 1 aromatic carbocycles. The Hall–Kier alpha value is -2.61. The fourth-order valence-corrected chi connectivity index (χ4v) is 3.24. The largest absolute Gasteiger partial charge is 0.277 e. The number of benzene rings is 1. The van der Waals surface area contributed by atoms with Crippen LogP contribution in [-0.2, 0) is 9.84 Å². The van der Waals surface area contributed by atoms with E-state index in [-0.39, 0.29) is 5.65 Å². The molecule has 0 amide bonds. The van der Waals surface area contributed by atoms with Crippen molar-refractivity contribution in [2.24, 2.45) is 0 Å². The smallest absolute Gasteiger partial charge is 0.267 e. The van der Waals surface area contributed by atoms with Crippen LogP contribution in [0.2, 0.25) is 0 Å². The van der Waals surface area contributed by atoms with Crippen molar-refractivity contribution in [1.82, 2.24) is 9.38 Å². The zero-order valence-corrected chi connectivity index (χ0v) is 11.7. The number of sulfone groups is 1. The van der Waals surface area contributed by atoms with E-state index in [4.69, 9.17) is 0 Å². The quantitative estimate of drug-likeness (QED) is 0.675. The summed E-state index contributed by atoms with van der Waals surface area (Å²) in [5, 5.41) is 0. The number of rotatable bonds is 2. The molecule has 0 atom stereocenters. The summed E-state index contributed by atoms with van der Waals surface area (Å²) in [6.45, 7) is 0. The fourth-order valence-electron chi connectivity index (χ4n) is 1.97. The van der Waals surface area contributed by atoms with Gasteiger partial charge in [-0.15, -0.1) is 0 Å². The molecule has 0 saturated heterocycles. The summed E-state index contributed by atoms with van der Waals surface area (Å²) in [6, 6.07) is 6.84. The predicted octanol–water partition coefficient (Wildman–Crippen LogP) is 1.81. The van der Waals surface area contributed by atoms with Gasteiger partial charge in [0.25, 0.3) is 5.56 Å². The second-order valence-corrected chi connectivity index (χ2v) is 6.35. The Labute approximate surface area is 123 Å². The molecule has 2 heterocycles. The van der Waals surface area contributed by atoms with E-state index in [1.807, 2.05) is 0 Å². The molecule has 0 aliphatic heterocycles. The van der Waals surface area contributed by atoms with Crippen LogP contribution in [-0.4, -0.2) is 17.8 Å². The highest BCUT2D eigenvalue weighted by molar-refractivity contribution is 7.91. The minimum Gasteiger partial charge on any atom is -0.267 e. The van der Waals surface area contributed by atoms with E-state index in [9.17, 15) is 22.0 Å². The average molecular weight is 322 g/mol. The van der Waals surface area contributed by atoms with Gasteiger partial charge in [-0.2, -0.15) is 0 Å². The summed E-state index contributed by atoms with van der Waals surface area (Å²) >= 11 is 0. The minimum absolute atomic E-state index is 0.275. The molecule has 0 fully saturated rings. The van der Waals surface area contributed by atoms with Crippen molar-refractivity contribution in [3.63, 3.8) is 0 Å². The van der Waals surface area contributed by atoms with Crippen LogP contribution in [0.4, 0.5) is 8.78 Å². The average Bonchev–Trinajstić information content (AvgIpc) is 2.50. The van der Waals surface area contributed by atoms with E-state index in [0.29, 0.717) is 12.1 Å². The minimum atomic E-state index is -4.30. The Morgan fingerprint density at radius 2 is 1.82 bits per heavy atom. The van der Waals surface area contributed by atoms with Crippen molar-refractivity contribution >= 4 is 15.5 Å². The van der Waals surface area contributed by atoms with Crippen LogP contribution in [0.5, 0.6) is 0 Å². The van der Waals surface area contributed by atoms with Gasteiger partial charge < -0.3 is 0 Å². The van der Waals surface area contributed by atoms with Crippen LogP contribution in [0.15, 0.2) is 63.4 Å². The van der Waals surface area contributed by atoms with Crippen LogP contribution >= 0.6 is 0 Å². The van der Waals surface area contributed by atoms with E-state index in [2.05, 4.69) is 4.98 Å². The normalized spacial score (nSPS) is 11.7. The van der Waals surface area contributed by atoms with Crippen LogP contribution in [0, 0.1) is 11.6 Å². The molecule has 5 nitrogen and oxygen atoms in total. The second kappa shape index (κ2) is 4.99. The topological polar surface area (TPSA) is 68.5 Å². The number of aromatic nitrogens is 2. The van der Waals surface area contributed by atoms with Gasteiger partial charge in [-0.25, -0.2) is 22.2 Å². The Kier molecular flexibility index (Phi) is 3.25. The number of pyridine rings is 1. The first-order valence-corrected chi connectivity index (χ1v) is 7.56. The van der Waals surface area contributed by atoms with E-state index in [1.54, 1.807) is 12.1 Å². The maximum absolute atomic E-state index is 13.2. The monoisotopic (exact) mass is 322 g/mol. The molecule has 0 radical (unpaired) electrons. The zero-order valence-electron chi connectivity index (χ0n) is 10.9. The third kappa shape index (κ3) is 2.17. The highest BCUT2D eigenvalue weighted by Crippen LogP contribution is 2.20. The SMILES string of the molecule is O=c1c(S(=O)(=O)c2ccc(F)c(F)c2)cnc2ccccn12. The molecule has 0 unspecified atom stereocenters. The molecule has 0 spiro atoms. The van der Waals surface area contributed by atoms with Crippen molar-refractivity contribution < 1.29 is 17.2 Å². The van der Waals surface area contributed by atoms with E-state index in [0.717, 1.165) is 16.7 Å².